The van der Waals surface area contributed by atoms with Crippen molar-refractivity contribution in [2.45, 2.75) is 49.7 Å². The van der Waals surface area contributed by atoms with Gasteiger partial charge in [-0.05, 0) is 25.7 Å². The highest BCUT2D eigenvalue weighted by molar-refractivity contribution is 7.99. The Hall–Kier alpha value is -1.55. The van der Waals surface area contributed by atoms with Gasteiger partial charge in [-0.2, -0.15) is 5.26 Å². The van der Waals surface area contributed by atoms with E-state index >= 15 is 0 Å². The lowest BCUT2D eigenvalue weighted by Crippen LogP contribution is -2.45. The molecule has 1 aliphatic rings. The monoisotopic (exact) mass is 279 g/mol. The topological polar surface area (TPSA) is 94.5 Å². The average Bonchev–Trinajstić information content (AvgIpc) is 3.05. The number of hydrogen-bond acceptors (Lipinski definition) is 5. The van der Waals surface area contributed by atoms with Crippen LogP contribution in [0, 0.1) is 11.3 Å². The van der Waals surface area contributed by atoms with Gasteiger partial charge in [0.15, 0.2) is 0 Å². The molecule has 0 aliphatic heterocycles. The number of hydrogen-bond donors (Lipinski definition) is 2. The van der Waals surface area contributed by atoms with E-state index < -0.39 is 5.54 Å². The van der Waals surface area contributed by atoms with Crippen LogP contribution in [-0.2, 0) is 11.2 Å². The molecular formula is C12H17N5OS. The minimum absolute atomic E-state index is 0.128. The summed E-state index contributed by atoms with van der Waals surface area (Å²) in [6.07, 6.45) is 4.29. The Kier molecular flexibility index (Phi) is 4.43. The minimum atomic E-state index is -0.648. The van der Waals surface area contributed by atoms with E-state index in [1.807, 2.05) is 6.92 Å². The van der Waals surface area contributed by atoms with Crippen molar-refractivity contribution < 1.29 is 4.79 Å². The van der Waals surface area contributed by atoms with E-state index in [1.54, 1.807) is 0 Å². The highest BCUT2D eigenvalue weighted by Crippen LogP contribution is 2.29. The second-order valence-electron chi connectivity index (χ2n) is 4.66. The van der Waals surface area contributed by atoms with E-state index in [0.717, 1.165) is 37.9 Å². The molecule has 1 saturated carbocycles. The standard InChI is InChI=1S/C12H17N5OS/c1-2-9-14-11(17-16-9)19-7-10(18)15-12(8-13)5-3-4-6-12/h2-7H2,1H3,(H,15,18)(H,14,16,17). The van der Waals surface area contributed by atoms with Gasteiger partial charge in [-0.15, -0.1) is 5.10 Å². The first-order valence-corrected chi connectivity index (χ1v) is 7.42. The van der Waals surface area contributed by atoms with Crippen LogP contribution >= 0.6 is 11.8 Å². The van der Waals surface area contributed by atoms with Gasteiger partial charge in [-0.25, -0.2) is 4.98 Å². The van der Waals surface area contributed by atoms with Crippen molar-refractivity contribution in [1.29, 1.82) is 5.26 Å². The third-order valence-electron chi connectivity index (χ3n) is 3.23. The van der Waals surface area contributed by atoms with Gasteiger partial charge in [-0.1, -0.05) is 18.7 Å². The molecule has 0 spiro atoms. The van der Waals surface area contributed by atoms with E-state index in [-0.39, 0.29) is 11.7 Å². The van der Waals surface area contributed by atoms with Gasteiger partial charge in [-0.3, -0.25) is 9.89 Å². The summed E-state index contributed by atoms with van der Waals surface area (Å²) < 4.78 is 0. The zero-order chi connectivity index (χ0) is 13.7. The molecule has 1 aromatic heterocycles. The van der Waals surface area contributed by atoms with Crippen LogP contribution in [0.1, 0.15) is 38.4 Å². The minimum Gasteiger partial charge on any atom is -0.337 e. The molecule has 1 aromatic rings. The lowest BCUT2D eigenvalue weighted by molar-refractivity contribution is -0.119. The molecule has 0 bridgehead atoms. The molecule has 0 aromatic carbocycles. The Morgan fingerprint density at radius 1 is 1.58 bits per heavy atom. The summed E-state index contributed by atoms with van der Waals surface area (Å²) in [5, 5.41) is 19.4. The number of carbonyl (C=O) groups is 1. The maximum absolute atomic E-state index is 11.9. The number of thioether (sulfide) groups is 1. The zero-order valence-electron chi connectivity index (χ0n) is 10.9. The molecule has 1 aliphatic carbocycles. The molecule has 7 heteroatoms. The molecule has 19 heavy (non-hydrogen) atoms. The highest BCUT2D eigenvalue weighted by atomic mass is 32.2. The van der Waals surface area contributed by atoms with Gasteiger partial charge in [0, 0.05) is 6.42 Å². The average molecular weight is 279 g/mol. The number of amides is 1. The number of carbonyl (C=O) groups excluding carboxylic acids is 1. The van der Waals surface area contributed by atoms with Crippen molar-refractivity contribution in [1.82, 2.24) is 20.5 Å². The fraction of sp³-hybridized carbons (Fsp3) is 0.667. The molecule has 2 rings (SSSR count). The van der Waals surface area contributed by atoms with E-state index in [0.29, 0.717) is 5.16 Å². The summed E-state index contributed by atoms with van der Waals surface area (Å²) in [6, 6.07) is 2.24. The fourth-order valence-electron chi connectivity index (χ4n) is 2.18. The smallest absolute Gasteiger partial charge is 0.231 e. The Balaban J connectivity index is 1.83. The largest absolute Gasteiger partial charge is 0.337 e. The van der Waals surface area contributed by atoms with Crippen LogP contribution < -0.4 is 5.32 Å². The predicted octanol–water partition coefficient (Wildman–Crippen LogP) is 1.41. The van der Waals surface area contributed by atoms with E-state index in [1.165, 1.54) is 11.8 Å². The van der Waals surface area contributed by atoms with Gasteiger partial charge >= 0.3 is 0 Å². The molecule has 1 fully saturated rings. The summed E-state index contributed by atoms with van der Waals surface area (Å²) >= 11 is 1.28. The van der Waals surface area contributed by atoms with Crippen molar-refractivity contribution in [2.24, 2.45) is 0 Å². The molecule has 102 valence electrons. The molecule has 0 radical (unpaired) electrons. The first-order valence-electron chi connectivity index (χ1n) is 6.44. The van der Waals surface area contributed by atoms with Crippen molar-refractivity contribution >= 4 is 17.7 Å². The summed E-state index contributed by atoms with van der Waals surface area (Å²) in [5.74, 6) is 0.924. The third kappa shape index (κ3) is 3.47. The molecule has 0 saturated heterocycles. The molecule has 0 atom stereocenters. The van der Waals surface area contributed by atoms with Crippen LogP contribution in [0.4, 0.5) is 0 Å². The van der Waals surface area contributed by atoms with Crippen LogP contribution in [0.25, 0.3) is 0 Å². The first kappa shape index (κ1) is 13.9. The molecule has 6 nitrogen and oxygen atoms in total. The number of nitrogens with zero attached hydrogens (tertiary/aromatic N) is 3. The lowest BCUT2D eigenvalue weighted by Gasteiger charge is -2.21. The van der Waals surface area contributed by atoms with Crippen molar-refractivity contribution in [3.8, 4) is 6.07 Å². The molecule has 1 amide bonds. The molecule has 0 unspecified atom stereocenters. The van der Waals surface area contributed by atoms with Crippen LogP contribution in [0.15, 0.2) is 5.16 Å². The number of H-pyrrole nitrogens is 1. The Morgan fingerprint density at radius 2 is 2.32 bits per heavy atom. The maximum Gasteiger partial charge on any atom is 0.231 e. The molecule has 2 N–H and O–H groups in total. The zero-order valence-corrected chi connectivity index (χ0v) is 11.7. The summed E-state index contributed by atoms with van der Waals surface area (Å²) in [5.41, 5.74) is -0.648. The predicted molar refractivity (Wildman–Crippen MR) is 71.4 cm³/mol. The Bertz CT molecular complexity index is 487. The van der Waals surface area contributed by atoms with Crippen LogP contribution in [-0.4, -0.2) is 32.4 Å². The second-order valence-corrected chi connectivity index (χ2v) is 5.60. The summed E-state index contributed by atoms with van der Waals surface area (Å²) in [7, 11) is 0. The van der Waals surface area contributed by atoms with Crippen molar-refractivity contribution in [3.05, 3.63) is 5.82 Å². The van der Waals surface area contributed by atoms with Gasteiger partial charge < -0.3 is 5.32 Å². The van der Waals surface area contributed by atoms with E-state index in [2.05, 4.69) is 26.6 Å². The Labute approximate surface area is 116 Å². The number of aromatic amines is 1. The van der Waals surface area contributed by atoms with Gasteiger partial charge in [0.2, 0.25) is 11.1 Å². The van der Waals surface area contributed by atoms with Crippen molar-refractivity contribution in [2.75, 3.05) is 5.75 Å². The maximum atomic E-state index is 11.9. The Morgan fingerprint density at radius 3 is 2.89 bits per heavy atom. The van der Waals surface area contributed by atoms with Gasteiger partial charge in [0.25, 0.3) is 0 Å². The quantitative estimate of drug-likeness (QED) is 0.795. The second kappa shape index (κ2) is 6.06. The van der Waals surface area contributed by atoms with Crippen LogP contribution in [0.5, 0.6) is 0 Å². The summed E-state index contributed by atoms with van der Waals surface area (Å²) in [6.45, 7) is 1.98. The third-order valence-corrected chi connectivity index (χ3v) is 4.08. The lowest BCUT2D eigenvalue weighted by atomic mass is 10.0. The van der Waals surface area contributed by atoms with Gasteiger partial charge in [0.05, 0.1) is 11.8 Å². The number of aryl methyl sites for hydroxylation is 1. The number of rotatable bonds is 5. The summed E-state index contributed by atoms with van der Waals surface area (Å²) in [4.78, 5) is 16.1. The highest BCUT2D eigenvalue weighted by Gasteiger charge is 2.35. The number of nitrogens with one attached hydrogen (secondary N) is 2. The number of nitriles is 1. The molecular weight excluding hydrogens is 262 g/mol. The number of aromatic nitrogens is 3. The SMILES string of the molecule is CCc1nc(SCC(=O)NC2(C#N)CCCC2)n[nH]1. The van der Waals surface area contributed by atoms with Crippen LogP contribution in [0.3, 0.4) is 0 Å². The van der Waals surface area contributed by atoms with E-state index in [4.69, 9.17) is 0 Å². The van der Waals surface area contributed by atoms with Crippen molar-refractivity contribution in [3.63, 3.8) is 0 Å². The normalized spacial score (nSPS) is 17.1. The first-order chi connectivity index (χ1) is 9.17. The van der Waals surface area contributed by atoms with Gasteiger partial charge in [0.1, 0.15) is 11.4 Å². The fourth-order valence-corrected chi connectivity index (χ4v) is 2.79. The molecule has 1 heterocycles. The van der Waals surface area contributed by atoms with E-state index in [9.17, 15) is 10.1 Å². The van der Waals surface area contributed by atoms with Crippen LogP contribution in [0.2, 0.25) is 0 Å².